The molecular formula is C18H32N2O. The van der Waals surface area contributed by atoms with Crippen LogP contribution in [0.1, 0.15) is 51.2 Å². The third-order valence-electron chi connectivity index (χ3n) is 4.09. The highest BCUT2D eigenvalue weighted by molar-refractivity contribution is 5.37. The van der Waals surface area contributed by atoms with Crippen molar-refractivity contribution in [1.29, 1.82) is 0 Å². The summed E-state index contributed by atoms with van der Waals surface area (Å²) >= 11 is 0. The number of hydrogen-bond donors (Lipinski definition) is 1. The predicted molar refractivity (Wildman–Crippen MR) is 90.8 cm³/mol. The van der Waals surface area contributed by atoms with Gasteiger partial charge in [0.15, 0.2) is 0 Å². The molecule has 120 valence electrons. The van der Waals surface area contributed by atoms with Gasteiger partial charge in [-0.2, -0.15) is 0 Å². The SMILES string of the molecule is CCCNCc1ccc(OC)c(CN(C)C(CC)CC)c1. The Morgan fingerprint density at radius 3 is 2.48 bits per heavy atom. The quantitative estimate of drug-likeness (QED) is 0.664. The summed E-state index contributed by atoms with van der Waals surface area (Å²) in [5, 5.41) is 3.46. The number of benzene rings is 1. The third kappa shape index (κ3) is 5.68. The third-order valence-corrected chi connectivity index (χ3v) is 4.09. The van der Waals surface area contributed by atoms with Crippen molar-refractivity contribution in [1.82, 2.24) is 10.2 Å². The van der Waals surface area contributed by atoms with Crippen molar-refractivity contribution in [3.05, 3.63) is 29.3 Å². The molecule has 3 nitrogen and oxygen atoms in total. The molecule has 1 aromatic rings. The number of hydrogen-bond acceptors (Lipinski definition) is 3. The Morgan fingerprint density at radius 1 is 1.19 bits per heavy atom. The lowest BCUT2D eigenvalue weighted by molar-refractivity contribution is 0.219. The maximum absolute atomic E-state index is 5.53. The van der Waals surface area contributed by atoms with Crippen molar-refractivity contribution in [2.75, 3.05) is 20.7 Å². The maximum Gasteiger partial charge on any atom is 0.123 e. The highest BCUT2D eigenvalue weighted by Crippen LogP contribution is 2.23. The molecule has 1 N–H and O–H groups in total. The first-order valence-corrected chi connectivity index (χ1v) is 8.22. The van der Waals surface area contributed by atoms with E-state index in [9.17, 15) is 0 Å². The highest BCUT2D eigenvalue weighted by Gasteiger charge is 2.13. The van der Waals surface area contributed by atoms with Crippen molar-refractivity contribution < 1.29 is 4.74 Å². The summed E-state index contributed by atoms with van der Waals surface area (Å²) in [6.45, 7) is 9.64. The van der Waals surface area contributed by atoms with Crippen LogP contribution in [0.15, 0.2) is 18.2 Å². The first-order chi connectivity index (χ1) is 10.2. The molecule has 0 heterocycles. The zero-order chi connectivity index (χ0) is 15.7. The predicted octanol–water partition coefficient (Wildman–Crippen LogP) is 3.82. The second kappa shape index (κ2) is 9.80. The van der Waals surface area contributed by atoms with E-state index in [1.165, 1.54) is 30.4 Å². The van der Waals surface area contributed by atoms with Gasteiger partial charge in [-0.1, -0.05) is 26.8 Å². The Kier molecular flexibility index (Phi) is 8.40. The topological polar surface area (TPSA) is 24.5 Å². The molecule has 1 aromatic carbocycles. The van der Waals surface area contributed by atoms with Gasteiger partial charge in [-0.05, 0) is 50.6 Å². The molecular weight excluding hydrogens is 260 g/mol. The molecule has 0 aliphatic carbocycles. The van der Waals surface area contributed by atoms with Crippen LogP contribution < -0.4 is 10.1 Å². The molecule has 0 aliphatic rings. The molecule has 0 saturated carbocycles. The molecule has 0 aliphatic heterocycles. The standard InChI is InChI=1S/C18H32N2O/c1-6-11-19-13-15-9-10-18(21-5)16(12-15)14-20(4)17(7-2)8-3/h9-10,12,17,19H,6-8,11,13-14H2,1-5H3. The van der Waals surface area contributed by atoms with Crippen LogP contribution in [-0.4, -0.2) is 31.6 Å². The maximum atomic E-state index is 5.53. The molecule has 0 fully saturated rings. The monoisotopic (exact) mass is 292 g/mol. The summed E-state index contributed by atoms with van der Waals surface area (Å²) in [6, 6.07) is 7.17. The summed E-state index contributed by atoms with van der Waals surface area (Å²) in [5.74, 6) is 0.993. The fourth-order valence-corrected chi connectivity index (χ4v) is 2.78. The first kappa shape index (κ1) is 18.0. The molecule has 3 heteroatoms. The van der Waals surface area contributed by atoms with Crippen molar-refractivity contribution in [2.45, 2.75) is 59.2 Å². The van der Waals surface area contributed by atoms with E-state index in [-0.39, 0.29) is 0 Å². The van der Waals surface area contributed by atoms with Gasteiger partial charge in [0.2, 0.25) is 0 Å². The molecule has 0 saturated heterocycles. The van der Waals surface area contributed by atoms with Gasteiger partial charge in [-0.25, -0.2) is 0 Å². The number of methoxy groups -OCH3 is 1. The van der Waals surface area contributed by atoms with Crippen LogP contribution >= 0.6 is 0 Å². The largest absolute Gasteiger partial charge is 0.496 e. The summed E-state index contributed by atoms with van der Waals surface area (Å²) in [4.78, 5) is 2.43. The smallest absolute Gasteiger partial charge is 0.123 e. The van der Waals surface area contributed by atoms with Gasteiger partial charge in [-0.3, -0.25) is 4.90 Å². The summed E-state index contributed by atoms with van der Waals surface area (Å²) in [5.41, 5.74) is 2.61. The molecule has 21 heavy (non-hydrogen) atoms. The number of ether oxygens (including phenoxy) is 1. The Balaban J connectivity index is 2.79. The minimum Gasteiger partial charge on any atom is -0.496 e. The average Bonchev–Trinajstić information content (AvgIpc) is 2.49. The van der Waals surface area contributed by atoms with E-state index in [1.807, 2.05) is 0 Å². The van der Waals surface area contributed by atoms with E-state index >= 15 is 0 Å². The number of nitrogens with zero attached hydrogens (tertiary/aromatic N) is 1. The second-order valence-corrected chi connectivity index (χ2v) is 5.71. The van der Waals surface area contributed by atoms with Crippen LogP contribution in [-0.2, 0) is 13.1 Å². The fraction of sp³-hybridized carbons (Fsp3) is 0.667. The lowest BCUT2D eigenvalue weighted by Gasteiger charge is -2.27. The molecule has 0 atom stereocenters. The molecule has 1 rings (SSSR count). The molecule has 0 unspecified atom stereocenters. The fourth-order valence-electron chi connectivity index (χ4n) is 2.78. The van der Waals surface area contributed by atoms with Crippen LogP contribution in [0.3, 0.4) is 0 Å². The van der Waals surface area contributed by atoms with Gasteiger partial charge >= 0.3 is 0 Å². The molecule has 0 spiro atoms. The Morgan fingerprint density at radius 2 is 1.90 bits per heavy atom. The van der Waals surface area contributed by atoms with Gasteiger partial charge in [0, 0.05) is 24.7 Å². The number of nitrogens with one attached hydrogen (secondary N) is 1. The Labute approximate surface area is 130 Å². The number of rotatable bonds is 10. The summed E-state index contributed by atoms with van der Waals surface area (Å²) in [7, 11) is 3.96. The lowest BCUT2D eigenvalue weighted by Crippen LogP contribution is -2.30. The van der Waals surface area contributed by atoms with E-state index in [2.05, 4.69) is 56.2 Å². The average molecular weight is 292 g/mol. The van der Waals surface area contributed by atoms with Gasteiger partial charge in [0.25, 0.3) is 0 Å². The van der Waals surface area contributed by atoms with Gasteiger partial charge < -0.3 is 10.1 Å². The normalized spacial score (nSPS) is 11.4. The van der Waals surface area contributed by atoms with Crippen molar-refractivity contribution in [3.8, 4) is 5.75 Å². The van der Waals surface area contributed by atoms with E-state index in [1.54, 1.807) is 7.11 Å². The molecule has 0 amide bonds. The molecule has 0 bridgehead atoms. The summed E-state index contributed by atoms with van der Waals surface area (Å²) < 4.78 is 5.53. The van der Waals surface area contributed by atoms with Crippen LogP contribution in [0.5, 0.6) is 5.75 Å². The van der Waals surface area contributed by atoms with Crippen molar-refractivity contribution in [3.63, 3.8) is 0 Å². The van der Waals surface area contributed by atoms with E-state index < -0.39 is 0 Å². The van der Waals surface area contributed by atoms with Crippen LogP contribution in [0.25, 0.3) is 0 Å². The molecule has 0 radical (unpaired) electrons. The minimum absolute atomic E-state index is 0.636. The molecule has 0 aromatic heterocycles. The highest BCUT2D eigenvalue weighted by atomic mass is 16.5. The minimum atomic E-state index is 0.636. The van der Waals surface area contributed by atoms with Gasteiger partial charge in [0.05, 0.1) is 7.11 Å². The lowest BCUT2D eigenvalue weighted by atomic mass is 10.1. The van der Waals surface area contributed by atoms with E-state index in [0.29, 0.717) is 6.04 Å². The van der Waals surface area contributed by atoms with Crippen LogP contribution in [0.2, 0.25) is 0 Å². The Hall–Kier alpha value is -1.06. The van der Waals surface area contributed by atoms with E-state index in [0.717, 1.165) is 25.4 Å². The Bertz CT molecular complexity index is 402. The zero-order valence-electron chi connectivity index (χ0n) is 14.4. The van der Waals surface area contributed by atoms with Crippen LogP contribution in [0.4, 0.5) is 0 Å². The van der Waals surface area contributed by atoms with E-state index in [4.69, 9.17) is 4.74 Å². The summed E-state index contributed by atoms with van der Waals surface area (Å²) in [6.07, 6.45) is 3.54. The first-order valence-electron chi connectivity index (χ1n) is 8.22. The zero-order valence-corrected chi connectivity index (χ0v) is 14.4. The van der Waals surface area contributed by atoms with Gasteiger partial charge in [-0.15, -0.1) is 0 Å². The van der Waals surface area contributed by atoms with Crippen molar-refractivity contribution >= 4 is 0 Å². The second-order valence-electron chi connectivity index (χ2n) is 5.71. The van der Waals surface area contributed by atoms with Gasteiger partial charge in [0.1, 0.15) is 5.75 Å². The van der Waals surface area contributed by atoms with Crippen LogP contribution in [0, 0.1) is 0 Å². The van der Waals surface area contributed by atoms with Crippen molar-refractivity contribution in [2.24, 2.45) is 0 Å².